The summed E-state index contributed by atoms with van der Waals surface area (Å²) in [4.78, 5) is 13.9. The van der Waals surface area contributed by atoms with Crippen molar-refractivity contribution in [3.8, 4) is 0 Å². The zero-order valence-electron chi connectivity index (χ0n) is 12.7. The van der Waals surface area contributed by atoms with Crippen molar-refractivity contribution in [2.24, 2.45) is 5.73 Å². The number of likely N-dealkylation sites (N-methyl/N-ethyl adjacent to an activating group) is 1. The lowest BCUT2D eigenvalue weighted by Crippen LogP contribution is -2.31. The van der Waals surface area contributed by atoms with E-state index in [-0.39, 0.29) is 24.2 Å². The molecule has 2 aromatic carbocycles. The fourth-order valence-corrected chi connectivity index (χ4v) is 2.23. The minimum Gasteiger partial charge on any atom is -0.345 e. The van der Waals surface area contributed by atoms with Crippen molar-refractivity contribution in [1.82, 2.24) is 4.90 Å². The molecule has 0 aliphatic rings. The van der Waals surface area contributed by atoms with Crippen LogP contribution in [0, 0.1) is 5.82 Å². The number of hydrogen-bond acceptors (Lipinski definition) is 2. The van der Waals surface area contributed by atoms with Gasteiger partial charge < -0.3 is 10.6 Å². The highest BCUT2D eigenvalue weighted by molar-refractivity contribution is 5.76. The second-order valence-corrected chi connectivity index (χ2v) is 5.41. The molecule has 0 aromatic heterocycles. The van der Waals surface area contributed by atoms with Crippen molar-refractivity contribution in [2.45, 2.75) is 18.9 Å². The molecule has 22 heavy (non-hydrogen) atoms. The summed E-state index contributed by atoms with van der Waals surface area (Å²) in [5.41, 5.74) is 8.04. The van der Waals surface area contributed by atoms with E-state index in [9.17, 15) is 9.18 Å². The van der Waals surface area contributed by atoms with Gasteiger partial charge in [0.25, 0.3) is 0 Å². The minimum atomic E-state index is -0.290. The zero-order valence-corrected chi connectivity index (χ0v) is 12.7. The van der Waals surface area contributed by atoms with Crippen LogP contribution >= 0.6 is 0 Å². The predicted octanol–water partition coefficient (Wildman–Crippen LogP) is 2.92. The van der Waals surface area contributed by atoms with E-state index in [1.54, 1.807) is 24.1 Å². The van der Waals surface area contributed by atoms with Crippen LogP contribution in [0.3, 0.4) is 0 Å². The number of hydrogen-bond donors (Lipinski definition) is 1. The van der Waals surface area contributed by atoms with Gasteiger partial charge in [-0.15, -0.1) is 0 Å². The molecule has 0 saturated heterocycles. The van der Waals surface area contributed by atoms with E-state index in [2.05, 4.69) is 0 Å². The van der Waals surface area contributed by atoms with Gasteiger partial charge in [-0.1, -0.05) is 42.5 Å². The Balaban J connectivity index is 1.83. The summed E-state index contributed by atoms with van der Waals surface area (Å²) in [6.07, 6.45) is 0.979. The lowest BCUT2D eigenvalue weighted by atomic mass is 10.0. The summed E-state index contributed by atoms with van der Waals surface area (Å²) in [7, 11) is 1.77. The Hall–Kier alpha value is -2.20. The summed E-state index contributed by atoms with van der Waals surface area (Å²) >= 11 is 0. The molecule has 2 aromatic rings. The predicted molar refractivity (Wildman–Crippen MR) is 85.7 cm³/mol. The van der Waals surface area contributed by atoms with Gasteiger partial charge in [0.1, 0.15) is 5.82 Å². The lowest BCUT2D eigenvalue weighted by molar-refractivity contribution is -0.130. The topological polar surface area (TPSA) is 46.3 Å². The lowest BCUT2D eigenvalue weighted by Gasteiger charge is -2.20. The van der Waals surface area contributed by atoms with Crippen molar-refractivity contribution in [1.29, 1.82) is 0 Å². The molecule has 0 spiro atoms. The molecule has 0 bridgehead atoms. The Morgan fingerprint density at radius 2 is 1.77 bits per heavy atom. The normalized spacial score (nSPS) is 12.0. The van der Waals surface area contributed by atoms with E-state index in [4.69, 9.17) is 5.73 Å². The Morgan fingerprint density at radius 1 is 1.14 bits per heavy atom. The van der Waals surface area contributed by atoms with Crippen LogP contribution in [0.15, 0.2) is 54.6 Å². The SMILES string of the molecule is CN(CCc1ccc(F)cc1)C(=O)CC(N)c1ccccc1. The van der Waals surface area contributed by atoms with Gasteiger partial charge in [-0.3, -0.25) is 4.79 Å². The number of benzene rings is 2. The smallest absolute Gasteiger partial charge is 0.224 e. The number of halogens is 1. The maximum absolute atomic E-state index is 12.8. The molecular weight excluding hydrogens is 279 g/mol. The van der Waals surface area contributed by atoms with Gasteiger partial charge in [0, 0.05) is 26.1 Å². The Morgan fingerprint density at radius 3 is 2.41 bits per heavy atom. The van der Waals surface area contributed by atoms with Crippen LogP contribution in [0.1, 0.15) is 23.6 Å². The molecule has 1 amide bonds. The first-order chi connectivity index (χ1) is 10.6. The van der Waals surface area contributed by atoms with E-state index in [0.717, 1.165) is 11.1 Å². The van der Waals surface area contributed by atoms with E-state index in [1.165, 1.54) is 12.1 Å². The average Bonchev–Trinajstić information content (AvgIpc) is 2.54. The Kier molecular flexibility index (Phi) is 5.67. The first kappa shape index (κ1) is 16.2. The Bertz CT molecular complexity index is 598. The molecule has 0 fully saturated rings. The highest BCUT2D eigenvalue weighted by Crippen LogP contribution is 2.14. The number of carbonyl (C=O) groups excluding carboxylic acids is 1. The van der Waals surface area contributed by atoms with Gasteiger partial charge in [-0.05, 0) is 29.7 Å². The molecule has 1 unspecified atom stereocenters. The average molecular weight is 300 g/mol. The molecule has 0 radical (unpaired) electrons. The molecule has 0 aliphatic carbocycles. The van der Waals surface area contributed by atoms with Crippen LogP contribution in [0.25, 0.3) is 0 Å². The molecule has 2 rings (SSSR count). The molecule has 0 heterocycles. The van der Waals surface area contributed by atoms with Crippen LogP contribution in [0.4, 0.5) is 4.39 Å². The van der Waals surface area contributed by atoms with Crippen molar-refractivity contribution < 1.29 is 9.18 Å². The fraction of sp³-hybridized carbons (Fsp3) is 0.278. The summed E-state index contributed by atoms with van der Waals surface area (Å²) in [6.45, 7) is 0.589. The maximum atomic E-state index is 12.8. The van der Waals surface area contributed by atoms with Crippen LogP contribution in [-0.2, 0) is 11.2 Å². The third-order valence-electron chi connectivity index (χ3n) is 3.70. The van der Waals surface area contributed by atoms with Crippen LogP contribution in [-0.4, -0.2) is 24.4 Å². The van der Waals surface area contributed by atoms with Gasteiger partial charge in [-0.25, -0.2) is 4.39 Å². The Labute approximate surface area is 130 Å². The molecule has 1 atom stereocenters. The van der Waals surface area contributed by atoms with Crippen molar-refractivity contribution in [3.63, 3.8) is 0 Å². The van der Waals surface area contributed by atoms with Gasteiger partial charge in [0.15, 0.2) is 0 Å². The van der Waals surface area contributed by atoms with E-state index < -0.39 is 0 Å². The second-order valence-electron chi connectivity index (χ2n) is 5.41. The molecule has 4 heteroatoms. The number of amides is 1. The second kappa shape index (κ2) is 7.71. The zero-order chi connectivity index (χ0) is 15.9. The quantitative estimate of drug-likeness (QED) is 0.891. The number of nitrogens with zero attached hydrogens (tertiary/aromatic N) is 1. The van der Waals surface area contributed by atoms with Crippen molar-refractivity contribution in [3.05, 3.63) is 71.5 Å². The van der Waals surface area contributed by atoms with Gasteiger partial charge >= 0.3 is 0 Å². The van der Waals surface area contributed by atoms with Crippen molar-refractivity contribution >= 4 is 5.91 Å². The van der Waals surface area contributed by atoms with Gasteiger partial charge in [-0.2, -0.15) is 0 Å². The molecule has 2 N–H and O–H groups in total. The summed E-state index contributed by atoms with van der Waals surface area (Å²) in [5.74, 6) is -0.236. The summed E-state index contributed by atoms with van der Waals surface area (Å²) < 4.78 is 12.8. The van der Waals surface area contributed by atoms with E-state index in [0.29, 0.717) is 13.0 Å². The highest BCUT2D eigenvalue weighted by atomic mass is 19.1. The van der Waals surface area contributed by atoms with Crippen LogP contribution < -0.4 is 5.73 Å². The maximum Gasteiger partial charge on any atom is 0.224 e. The molecule has 0 aliphatic heterocycles. The monoisotopic (exact) mass is 300 g/mol. The fourth-order valence-electron chi connectivity index (χ4n) is 2.23. The number of rotatable bonds is 6. The van der Waals surface area contributed by atoms with Crippen molar-refractivity contribution in [2.75, 3.05) is 13.6 Å². The van der Waals surface area contributed by atoms with E-state index in [1.807, 2.05) is 30.3 Å². The first-order valence-corrected chi connectivity index (χ1v) is 7.35. The number of nitrogens with two attached hydrogens (primary N) is 1. The van der Waals surface area contributed by atoms with Crippen LogP contribution in [0.2, 0.25) is 0 Å². The standard InChI is InChI=1S/C18H21FN2O/c1-21(12-11-14-7-9-16(19)10-8-14)18(22)13-17(20)15-5-3-2-4-6-15/h2-10,17H,11-13,20H2,1H3. The third-order valence-corrected chi connectivity index (χ3v) is 3.70. The van der Waals surface area contributed by atoms with Gasteiger partial charge in [0.2, 0.25) is 5.91 Å². The molecular formula is C18H21FN2O. The van der Waals surface area contributed by atoms with Crippen LogP contribution in [0.5, 0.6) is 0 Å². The van der Waals surface area contributed by atoms with E-state index >= 15 is 0 Å². The summed E-state index contributed by atoms with van der Waals surface area (Å²) in [5, 5.41) is 0. The number of carbonyl (C=O) groups is 1. The summed E-state index contributed by atoms with van der Waals surface area (Å²) in [6, 6.07) is 15.7. The largest absolute Gasteiger partial charge is 0.345 e. The first-order valence-electron chi connectivity index (χ1n) is 7.35. The van der Waals surface area contributed by atoms with Gasteiger partial charge in [0.05, 0.1) is 0 Å². The minimum absolute atomic E-state index is 0.0125. The third kappa shape index (κ3) is 4.67. The molecule has 3 nitrogen and oxygen atoms in total. The molecule has 116 valence electrons. The highest BCUT2D eigenvalue weighted by Gasteiger charge is 2.15. The molecule has 0 saturated carbocycles.